The molecule has 9 rings (SSSR count). The Bertz CT molecular complexity index is 2630. The van der Waals surface area contributed by atoms with Crippen molar-refractivity contribution in [2.75, 3.05) is 6.54 Å². The monoisotopic (exact) mass is 699 g/mol. The minimum Gasteiger partial charge on any atom is -0.309 e. The lowest BCUT2D eigenvalue weighted by Crippen LogP contribution is -2.32. The second-order valence-corrected chi connectivity index (χ2v) is 14.3. The zero-order valence-electron chi connectivity index (χ0n) is 30.4. The van der Waals surface area contributed by atoms with Crippen molar-refractivity contribution >= 4 is 51.6 Å². The third-order valence-electron chi connectivity index (χ3n) is 10.9. The Kier molecular flexibility index (Phi) is 8.76. The summed E-state index contributed by atoms with van der Waals surface area (Å²) in [6.07, 6.45) is 18.0. The van der Waals surface area contributed by atoms with Gasteiger partial charge in [0.15, 0.2) is 11.7 Å². The number of benzene rings is 5. The average molecular weight is 700 g/mol. The van der Waals surface area contributed by atoms with E-state index in [-0.39, 0.29) is 0 Å². The normalized spacial score (nSPS) is 19.6. The predicted octanol–water partition coefficient (Wildman–Crippen LogP) is 11.5. The summed E-state index contributed by atoms with van der Waals surface area (Å²) in [6, 6.07) is 43.2. The molecule has 5 aromatic carbocycles. The van der Waals surface area contributed by atoms with E-state index in [2.05, 4.69) is 187 Å². The van der Waals surface area contributed by atoms with Gasteiger partial charge in [-0.1, -0.05) is 140 Å². The Balaban J connectivity index is 1.27. The molecule has 6 aromatic rings. The average Bonchev–Trinajstić information content (AvgIpc) is 3.75. The molecular formula is C49H41N5. The molecular weight excluding hydrogens is 659 g/mol. The quantitative estimate of drug-likeness (QED) is 0.118. The Morgan fingerprint density at radius 2 is 1.63 bits per heavy atom. The first-order chi connectivity index (χ1) is 26.6. The van der Waals surface area contributed by atoms with E-state index in [9.17, 15) is 0 Å². The number of para-hydroxylation sites is 1. The smallest absolute Gasteiger partial charge is 0.160 e. The molecule has 0 fully saturated rings. The van der Waals surface area contributed by atoms with Gasteiger partial charge in [-0.15, -0.1) is 0 Å². The summed E-state index contributed by atoms with van der Waals surface area (Å²) in [5.74, 6) is 1.55. The largest absolute Gasteiger partial charge is 0.309 e. The molecule has 262 valence electrons. The molecule has 2 atom stereocenters. The molecule has 2 heterocycles. The maximum atomic E-state index is 5.44. The van der Waals surface area contributed by atoms with Gasteiger partial charge in [-0.3, -0.25) is 9.98 Å². The van der Waals surface area contributed by atoms with E-state index >= 15 is 0 Å². The molecule has 1 aromatic heterocycles. The van der Waals surface area contributed by atoms with E-state index < -0.39 is 5.41 Å². The molecule has 0 saturated heterocycles. The molecule has 3 aliphatic rings. The first-order valence-electron chi connectivity index (χ1n) is 18.8. The zero-order valence-corrected chi connectivity index (χ0v) is 30.4. The molecule has 5 nitrogen and oxygen atoms in total. The van der Waals surface area contributed by atoms with Gasteiger partial charge in [0.25, 0.3) is 0 Å². The van der Waals surface area contributed by atoms with E-state index in [4.69, 9.17) is 15.0 Å². The summed E-state index contributed by atoms with van der Waals surface area (Å²) in [5, 5.41) is 2.39. The van der Waals surface area contributed by atoms with Crippen molar-refractivity contribution in [2.24, 2.45) is 25.9 Å². The van der Waals surface area contributed by atoms with Gasteiger partial charge in [0, 0.05) is 45.6 Å². The van der Waals surface area contributed by atoms with Crippen molar-refractivity contribution < 1.29 is 0 Å². The highest BCUT2D eigenvalue weighted by atomic mass is 15.0. The maximum Gasteiger partial charge on any atom is 0.160 e. The Morgan fingerprint density at radius 1 is 0.815 bits per heavy atom. The van der Waals surface area contributed by atoms with Gasteiger partial charge in [0.1, 0.15) is 0 Å². The lowest BCUT2D eigenvalue weighted by atomic mass is 9.71. The highest BCUT2D eigenvalue weighted by Crippen LogP contribution is 2.51. The van der Waals surface area contributed by atoms with Gasteiger partial charge in [-0.05, 0) is 68.3 Å². The Labute approximate surface area is 316 Å². The highest BCUT2D eigenvalue weighted by Gasteiger charge is 2.44. The second-order valence-electron chi connectivity index (χ2n) is 14.3. The summed E-state index contributed by atoms with van der Waals surface area (Å²) in [5.41, 5.74) is 10.3. The molecule has 0 radical (unpaired) electrons. The van der Waals surface area contributed by atoms with Crippen molar-refractivity contribution in [3.63, 3.8) is 0 Å². The van der Waals surface area contributed by atoms with Gasteiger partial charge in [-0.2, -0.15) is 0 Å². The van der Waals surface area contributed by atoms with Crippen LogP contribution in [-0.4, -0.2) is 35.2 Å². The molecule has 2 aliphatic carbocycles. The van der Waals surface area contributed by atoms with Crippen LogP contribution in [0.15, 0.2) is 189 Å². The number of rotatable bonds is 7. The first-order valence-corrected chi connectivity index (χ1v) is 18.8. The fraction of sp³-hybridized carbons (Fsp3) is 0.143. The summed E-state index contributed by atoms with van der Waals surface area (Å²) < 4.78 is 2.42. The van der Waals surface area contributed by atoms with Crippen LogP contribution in [0.4, 0.5) is 5.69 Å². The summed E-state index contributed by atoms with van der Waals surface area (Å²) in [6.45, 7) is 6.88. The summed E-state index contributed by atoms with van der Waals surface area (Å²) >= 11 is 0. The van der Waals surface area contributed by atoms with Crippen molar-refractivity contribution in [1.82, 2.24) is 4.57 Å². The van der Waals surface area contributed by atoms with Crippen LogP contribution < -0.4 is 0 Å². The van der Waals surface area contributed by atoms with Crippen LogP contribution in [-0.2, 0) is 5.41 Å². The number of nitrogens with zero attached hydrogens (tertiary/aromatic N) is 5. The van der Waals surface area contributed by atoms with Crippen LogP contribution in [0.25, 0.3) is 27.5 Å². The third-order valence-corrected chi connectivity index (χ3v) is 10.9. The van der Waals surface area contributed by atoms with Crippen molar-refractivity contribution in [2.45, 2.75) is 31.6 Å². The number of fused-ring (bicyclic) bond motifs is 5. The molecule has 0 spiro atoms. The number of aromatic nitrogens is 1. The Hall–Kier alpha value is -6.46. The minimum atomic E-state index is -0.522. The lowest BCUT2D eigenvalue weighted by Gasteiger charge is -2.30. The van der Waals surface area contributed by atoms with Crippen LogP contribution in [0, 0.1) is 5.92 Å². The number of allylic oxidation sites excluding steroid dienone is 5. The van der Waals surface area contributed by atoms with E-state index in [0.717, 1.165) is 64.1 Å². The predicted molar refractivity (Wildman–Crippen MR) is 228 cm³/mol. The van der Waals surface area contributed by atoms with Crippen molar-refractivity contribution in [3.8, 4) is 5.69 Å². The van der Waals surface area contributed by atoms with Gasteiger partial charge in [-0.25, -0.2) is 9.98 Å². The SMILES string of the molecule is C=N/C(=N\C(=N/CC1C=CC=CC1)c1cccc(-n2c3ccccc3c3ccc4c(c32)C(C)(c2ccccc2)C(c2ccccc2)=N4)c1)C1=CCCC=C1. The fourth-order valence-corrected chi connectivity index (χ4v) is 8.27. The van der Waals surface area contributed by atoms with Crippen LogP contribution in [0.2, 0.25) is 0 Å². The van der Waals surface area contributed by atoms with Crippen LogP contribution in [0.3, 0.4) is 0 Å². The number of hydrogen-bond donors (Lipinski definition) is 0. The van der Waals surface area contributed by atoms with Crippen LogP contribution in [0.1, 0.15) is 48.4 Å². The van der Waals surface area contributed by atoms with Gasteiger partial charge >= 0.3 is 0 Å². The van der Waals surface area contributed by atoms with Crippen LogP contribution >= 0.6 is 0 Å². The van der Waals surface area contributed by atoms with Gasteiger partial charge in [0.2, 0.25) is 0 Å². The third kappa shape index (κ3) is 5.82. The zero-order chi connectivity index (χ0) is 36.5. The first kappa shape index (κ1) is 33.4. The summed E-state index contributed by atoms with van der Waals surface area (Å²) in [4.78, 5) is 20.2. The van der Waals surface area contributed by atoms with Gasteiger partial charge in [0.05, 0.1) is 27.8 Å². The molecule has 0 N–H and O–H groups in total. The molecule has 1 aliphatic heterocycles. The van der Waals surface area contributed by atoms with E-state index in [1.54, 1.807) is 0 Å². The van der Waals surface area contributed by atoms with Crippen molar-refractivity contribution in [1.29, 1.82) is 0 Å². The fourth-order valence-electron chi connectivity index (χ4n) is 8.27. The van der Waals surface area contributed by atoms with Crippen LogP contribution in [0.5, 0.6) is 0 Å². The second kappa shape index (κ2) is 14.2. The number of amidine groups is 2. The van der Waals surface area contributed by atoms with E-state index in [1.165, 1.54) is 21.9 Å². The topological polar surface area (TPSA) is 54.4 Å². The lowest BCUT2D eigenvalue weighted by molar-refractivity contribution is 0.670. The summed E-state index contributed by atoms with van der Waals surface area (Å²) in [7, 11) is 0. The maximum absolute atomic E-state index is 5.44. The standard InChI is InChI=1S/C49H41N5/c1-49(38-25-13-6-14-26-38)44-42(52-46(49)35-20-9-4-10-21-35)31-30-41-40-28-15-16-29-43(40)54(45(41)44)39-27-17-24-37(32-39)48(51-33-34-18-7-3-8-19-34)53-47(50-2)36-22-11-5-12-23-36/h3-4,6-11,13-18,20-32,34H,2,5,12,19,33H2,1H3/b51-48-,53-47-. The number of hydrogen-bond acceptors (Lipinski definition) is 2. The molecule has 0 bridgehead atoms. The van der Waals surface area contributed by atoms with E-state index in [1.807, 2.05) is 0 Å². The van der Waals surface area contributed by atoms with Gasteiger partial charge < -0.3 is 4.57 Å². The molecule has 0 amide bonds. The number of aliphatic imine (C=N–C) groups is 4. The van der Waals surface area contributed by atoms with Crippen molar-refractivity contribution in [3.05, 3.63) is 192 Å². The molecule has 5 heteroatoms. The van der Waals surface area contributed by atoms with E-state index in [0.29, 0.717) is 24.1 Å². The minimum absolute atomic E-state index is 0.312. The molecule has 2 unspecified atom stereocenters. The molecule has 54 heavy (non-hydrogen) atoms. The molecule has 0 saturated carbocycles. The highest BCUT2D eigenvalue weighted by molar-refractivity contribution is 6.20. The Morgan fingerprint density at radius 3 is 2.41 bits per heavy atom.